The minimum Gasteiger partial charge on any atom is -0.357 e. The van der Waals surface area contributed by atoms with Crippen LogP contribution in [0.5, 0.6) is 0 Å². The molecule has 0 amide bonds. The Balaban J connectivity index is 2.69. The summed E-state index contributed by atoms with van der Waals surface area (Å²) in [4.78, 5) is 6.94. The van der Waals surface area contributed by atoms with E-state index < -0.39 is 0 Å². The van der Waals surface area contributed by atoms with E-state index in [2.05, 4.69) is 61.2 Å². The topological polar surface area (TPSA) is 28.2 Å². The van der Waals surface area contributed by atoms with Crippen molar-refractivity contribution in [1.29, 1.82) is 0 Å². The molecule has 0 fully saturated rings. The Kier molecular flexibility index (Phi) is 5.98. The molecule has 1 unspecified atom stereocenters. The van der Waals surface area contributed by atoms with Crippen LogP contribution in [0, 0.1) is 0 Å². The fraction of sp³-hybridized carbons (Fsp3) is 0.643. The normalized spacial score (nSPS) is 12.5. The minimum absolute atomic E-state index is 0.543. The number of anilines is 1. The van der Waals surface area contributed by atoms with E-state index in [0.717, 1.165) is 24.6 Å². The van der Waals surface area contributed by atoms with Gasteiger partial charge in [-0.05, 0) is 32.0 Å². The summed E-state index contributed by atoms with van der Waals surface area (Å²) in [7, 11) is 2.12. The van der Waals surface area contributed by atoms with Gasteiger partial charge >= 0.3 is 0 Å². The van der Waals surface area contributed by atoms with Gasteiger partial charge in [-0.25, -0.2) is 4.98 Å². The lowest BCUT2D eigenvalue weighted by Crippen LogP contribution is -2.29. The molecular formula is C14H25N3. The highest BCUT2D eigenvalue weighted by Gasteiger charge is 2.10. The van der Waals surface area contributed by atoms with E-state index in [4.69, 9.17) is 0 Å². The molecule has 0 bridgehead atoms. The van der Waals surface area contributed by atoms with Gasteiger partial charge in [0.05, 0.1) is 5.69 Å². The lowest BCUT2D eigenvalue weighted by atomic mass is 10.2. The van der Waals surface area contributed by atoms with Crippen LogP contribution in [-0.2, 0) is 6.54 Å². The quantitative estimate of drug-likeness (QED) is 0.787. The molecule has 0 saturated carbocycles. The third-order valence-corrected chi connectivity index (χ3v) is 3.08. The van der Waals surface area contributed by atoms with E-state index >= 15 is 0 Å². The standard InChI is InChI=1S/C14H25N3/c1-5-8-12(3)17(4)14-10-7-9-13(16-14)11-15-6-2/h7,9-10,12,15H,5-6,8,11H2,1-4H3. The number of hydrogen-bond donors (Lipinski definition) is 1. The van der Waals surface area contributed by atoms with E-state index in [1.165, 1.54) is 12.8 Å². The fourth-order valence-electron chi connectivity index (χ4n) is 1.85. The molecule has 3 heteroatoms. The largest absolute Gasteiger partial charge is 0.357 e. The molecule has 1 N–H and O–H groups in total. The molecule has 0 aliphatic heterocycles. The summed E-state index contributed by atoms with van der Waals surface area (Å²) in [6.07, 6.45) is 2.41. The van der Waals surface area contributed by atoms with Crippen LogP contribution in [0.4, 0.5) is 5.82 Å². The van der Waals surface area contributed by atoms with Crippen molar-refractivity contribution >= 4 is 5.82 Å². The maximum Gasteiger partial charge on any atom is 0.128 e. The number of nitrogens with one attached hydrogen (secondary N) is 1. The summed E-state index contributed by atoms with van der Waals surface area (Å²) in [6.45, 7) is 8.41. The second-order valence-electron chi connectivity index (χ2n) is 4.52. The van der Waals surface area contributed by atoms with E-state index in [1.807, 2.05) is 0 Å². The van der Waals surface area contributed by atoms with Crippen molar-refractivity contribution in [3.8, 4) is 0 Å². The van der Waals surface area contributed by atoms with Gasteiger partial charge < -0.3 is 10.2 Å². The maximum absolute atomic E-state index is 4.68. The van der Waals surface area contributed by atoms with Gasteiger partial charge in [-0.3, -0.25) is 0 Å². The molecule has 0 saturated heterocycles. The lowest BCUT2D eigenvalue weighted by molar-refractivity contribution is 0.609. The van der Waals surface area contributed by atoms with Crippen LogP contribution >= 0.6 is 0 Å². The summed E-state index contributed by atoms with van der Waals surface area (Å²) in [6, 6.07) is 6.79. The first-order valence-electron chi connectivity index (χ1n) is 6.58. The van der Waals surface area contributed by atoms with Gasteiger partial charge in [0.1, 0.15) is 5.82 Å². The molecule has 0 radical (unpaired) electrons. The highest BCUT2D eigenvalue weighted by molar-refractivity contribution is 5.39. The third kappa shape index (κ3) is 4.35. The molecule has 1 heterocycles. The molecular weight excluding hydrogens is 210 g/mol. The van der Waals surface area contributed by atoms with Crippen LogP contribution < -0.4 is 10.2 Å². The Bertz CT molecular complexity index is 325. The number of aromatic nitrogens is 1. The van der Waals surface area contributed by atoms with Crippen molar-refractivity contribution in [3.63, 3.8) is 0 Å². The van der Waals surface area contributed by atoms with Crippen LogP contribution in [0.15, 0.2) is 18.2 Å². The second kappa shape index (κ2) is 7.28. The smallest absolute Gasteiger partial charge is 0.128 e. The van der Waals surface area contributed by atoms with Crippen LogP contribution in [-0.4, -0.2) is 24.6 Å². The summed E-state index contributed by atoms with van der Waals surface area (Å²) in [5.41, 5.74) is 1.11. The molecule has 0 aromatic carbocycles. The zero-order chi connectivity index (χ0) is 12.7. The molecule has 0 spiro atoms. The van der Waals surface area contributed by atoms with Crippen LogP contribution in [0.2, 0.25) is 0 Å². The van der Waals surface area contributed by atoms with E-state index in [1.54, 1.807) is 0 Å². The van der Waals surface area contributed by atoms with Gasteiger partial charge in [0.2, 0.25) is 0 Å². The monoisotopic (exact) mass is 235 g/mol. The van der Waals surface area contributed by atoms with Crippen LogP contribution in [0.3, 0.4) is 0 Å². The molecule has 0 aliphatic rings. The summed E-state index contributed by atoms with van der Waals surface area (Å²) >= 11 is 0. The van der Waals surface area contributed by atoms with Gasteiger partial charge in [-0.2, -0.15) is 0 Å². The first-order valence-corrected chi connectivity index (χ1v) is 6.58. The highest BCUT2D eigenvalue weighted by atomic mass is 15.2. The summed E-state index contributed by atoms with van der Waals surface area (Å²) in [5.74, 6) is 1.07. The summed E-state index contributed by atoms with van der Waals surface area (Å²) < 4.78 is 0. The van der Waals surface area contributed by atoms with Gasteiger partial charge in [-0.15, -0.1) is 0 Å². The first kappa shape index (κ1) is 14.0. The lowest BCUT2D eigenvalue weighted by Gasteiger charge is -2.26. The summed E-state index contributed by atoms with van der Waals surface area (Å²) in [5, 5.41) is 3.30. The SMILES string of the molecule is CCCC(C)N(C)c1cccc(CNCC)n1. The predicted molar refractivity (Wildman–Crippen MR) is 74.4 cm³/mol. The van der Waals surface area contributed by atoms with Crippen LogP contribution in [0.1, 0.15) is 39.3 Å². The van der Waals surface area contributed by atoms with Gasteiger partial charge in [0.15, 0.2) is 0 Å². The van der Waals surface area contributed by atoms with Crippen molar-refractivity contribution in [3.05, 3.63) is 23.9 Å². The van der Waals surface area contributed by atoms with E-state index in [9.17, 15) is 0 Å². The molecule has 1 aromatic rings. The highest BCUT2D eigenvalue weighted by Crippen LogP contribution is 2.15. The van der Waals surface area contributed by atoms with Crippen molar-refractivity contribution in [1.82, 2.24) is 10.3 Å². The first-order chi connectivity index (χ1) is 8.19. The molecule has 1 atom stereocenters. The molecule has 17 heavy (non-hydrogen) atoms. The van der Waals surface area contributed by atoms with Gasteiger partial charge in [-0.1, -0.05) is 26.3 Å². The van der Waals surface area contributed by atoms with Gasteiger partial charge in [0.25, 0.3) is 0 Å². The predicted octanol–water partition coefficient (Wildman–Crippen LogP) is 2.82. The van der Waals surface area contributed by atoms with Crippen molar-refractivity contribution < 1.29 is 0 Å². The molecule has 3 nitrogen and oxygen atoms in total. The Morgan fingerprint density at radius 3 is 2.76 bits per heavy atom. The Hall–Kier alpha value is -1.09. The molecule has 1 rings (SSSR count). The van der Waals surface area contributed by atoms with E-state index in [0.29, 0.717) is 6.04 Å². The minimum atomic E-state index is 0.543. The third-order valence-electron chi connectivity index (χ3n) is 3.08. The maximum atomic E-state index is 4.68. The van der Waals surface area contributed by atoms with Gasteiger partial charge in [0, 0.05) is 19.6 Å². The number of rotatable bonds is 7. The van der Waals surface area contributed by atoms with Crippen LogP contribution in [0.25, 0.3) is 0 Å². The Morgan fingerprint density at radius 1 is 1.35 bits per heavy atom. The number of nitrogens with zero attached hydrogens (tertiary/aromatic N) is 2. The Labute approximate surface area is 105 Å². The van der Waals surface area contributed by atoms with Crippen molar-refractivity contribution in [2.75, 3.05) is 18.5 Å². The zero-order valence-corrected chi connectivity index (χ0v) is 11.5. The van der Waals surface area contributed by atoms with E-state index in [-0.39, 0.29) is 0 Å². The average Bonchev–Trinajstić information content (AvgIpc) is 2.36. The second-order valence-corrected chi connectivity index (χ2v) is 4.52. The molecule has 96 valence electrons. The average molecular weight is 235 g/mol. The molecule has 0 aliphatic carbocycles. The number of pyridine rings is 1. The fourth-order valence-corrected chi connectivity index (χ4v) is 1.85. The number of hydrogen-bond acceptors (Lipinski definition) is 3. The molecule has 1 aromatic heterocycles. The zero-order valence-electron chi connectivity index (χ0n) is 11.5. The van der Waals surface area contributed by atoms with Crippen molar-refractivity contribution in [2.45, 2.75) is 46.2 Å². The Morgan fingerprint density at radius 2 is 2.12 bits per heavy atom. The van der Waals surface area contributed by atoms with Crippen molar-refractivity contribution in [2.24, 2.45) is 0 Å².